The SMILES string of the molecule is COc1cc(-c2cc3c(s2)c(=O)n(-c2cncc(Cl)c2)c(=O)n3CCC#N)c(Cl)cc1F. The lowest BCUT2D eigenvalue weighted by Gasteiger charge is -2.10. The van der Waals surface area contributed by atoms with E-state index in [4.69, 9.17) is 33.2 Å². The van der Waals surface area contributed by atoms with Crippen LogP contribution in [-0.4, -0.2) is 21.2 Å². The van der Waals surface area contributed by atoms with Crippen molar-refractivity contribution in [1.82, 2.24) is 14.1 Å². The molecule has 0 amide bonds. The molecule has 0 radical (unpaired) electrons. The number of halogens is 3. The molecule has 11 heteroatoms. The minimum absolute atomic E-state index is 0.00820. The van der Waals surface area contributed by atoms with Gasteiger partial charge in [0.05, 0.1) is 47.0 Å². The second kappa shape index (κ2) is 8.74. The maximum absolute atomic E-state index is 14.0. The van der Waals surface area contributed by atoms with E-state index in [1.54, 1.807) is 6.07 Å². The maximum Gasteiger partial charge on any atom is 0.336 e. The van der Waals surface area contributed by atoms with Crippen LogP contribution in [0.4, 0.5) is 4.39 Å². The van der Waals surface area contributed by atoms with Crippen LogP contribution in [0, 0.1) is 17.1 Å². The predicted molar refractivity (Wildman–Crippen MR) is 122 cm³/mol. The van der Waals surface area contributed by atoms with E-state index in [2.05, 4.69) is 4.98 Å². The van der Waals surface area contributed by atoms with Crippen molar-refractivity contribution in [2.24, 2.45) is 0 Å². The number of hydrogen-bond acceptors (Lipinski definition) is 6. The highest BCUT2D eigenvalue weighted by Gasteiger charge is 2.20. The van der Waals surface area contributed by atoms with Crippen LogP contribution in [0.2, 0.25) is 10.0 Å². The molecular formula is C21H13Cl2FN4O3S. The fraction of sp³-hybridized carbons (Fsp3) is 0.143. The van der Waals surface area contributed by atoms with Gasteiger partial charge in [-0.3, -0.25) is 14.3 Å². The highest BCUT2D eigenvalue weighted by molar-refractivity contribution is 7.22. The summed E-state index contributed by atoms with van der Waals surface area (Å²) in [6, 6.07) is 7.63. The first-order chi connectivity index (χ1) is 15.3. The first kappa shape index (κ1) is 22.0. The molecule has 0 saturated carbocycles. The Morgan fingerprint density at radius 3 is 2.69 bits per heavy atom. The number of pyridine rings is 1. The molecule has 4 aromatic rings. The zero-order chi connectivity index (χ0) is 23.0. The van der Waals surface area contributed by atoms with Crippen molar-refractivity contribution in [3.63, 3.8) is 0 Å². The Bertz CT molecular complexity index is 1520. The van der Waals surface area contributed by atoms with Gasteiger partial charge >= 0.3 is 5.69 Å². The highest BCUT2D eigenvalue weighted by Crippen LogP contribution is 2.38. The molecule has 0 atom stereocenters. The van der Waals surface area contributed by atoms with Crippen LogP contribution < -0.4 is 16.0 Å². The lowest BCUT2D eigenvalue weighted by atomic mass is 10.1. The van der Waals surface area contributed by atoms with Crippen molar-refractivity contribution in [1.29, 1.82) is 5.26 Å². The van der Waals surface area contributed by atoms with Gasteiger partial charge in [-0.05, 0) is 24.3 Å². The minimum Gasteiger partial charge on any atom is -0.494 e. The quantitative estimate of drug-likeness (QED) is 0.406. The second-order valence-corrected chi connectivity index (χ2v) is 8.53. The van der Waals surface area contributed by atoms with Gasteiger partial charge < -0.3 is 4.74 Å². The molecule has 1 aromatic carbocycles. The number of nitrogens with zero attached hydrogens (tertiary/aromatic N) is 4. The lowest BCUT2D eigenvalue weighted by molar-refractivity contribution is 0.387. The average molecular weight is 491 g/mol. The van der Waals surface area contributed by atoms with Crippen molar-refractivity contribution in [3.8, 4) is 27.9 Å². The summed E-state index contributed by atoms with van der Waals surface area (Å²) in [4.78, 5) is 31.0. The first-order valence-electron chi connectivity index (χ1n) is 9.16. The summed E-state index contributed by atoms with van der Waals surface area (Å²) in [6.07, 6.45) is 2.79. The number of aryl methyl sites for hydroxylation is 1. The third kappa shape index (κ3) is 3.77. The molecule has 0 bridgehead atoms. The molecular weight excluding hydrogens is 478 g/mol. The molecule has 0 saturated heterocycles. The molecule has 162 valence electrons. The van der Waals surface area contributed by atoms with Gasteiger partial charge in [-0.2, -0.15) is 5.26 Å². The Morgan fingerprint density at radius 2 is 2.00 bits per heavy atom. The number of ether oxygens (including phenoxy) is 1. The van der Waals surface area contributed by atoms with Crippen LogP contribution >= 0.6 is 34.5 Å². The van der Waals surface area contributed by atoms with Crippen molar-refractivity contribution in [2.75, 3.05) is 7.11 Å². The lowest BCUT2D eigenvalue weighted by Crippen LogP contribution is -2.38. The molecule has 3 aromatic heterocycles. The third-order valence-corrected chi connectivity index (χ3v) is 6.39. The van der Waals surface area contributed by atoms with E-state index in [1.165, 1.54) is 36.2 Å². The summed E-state index contributed by atoms with van der Waals surface area (Å²) in [5, 5.41) is 9.43. The third-order valence-electron chi connectivity index (χ3n) is 4.73. The summed E-state index contributed by atoms with van der Waals surface area (Å²) in [6.45, 7) is 0.0662. The maximum atomic E-state index is 14.0. The topological polar surface area (TPSA) is 89.9 Å². The number of benzene rings is 1. The number of thiophene rings is 1. The fourth-order valence-corrected chi connectivity index (χ4v) is 4.88. The van der Waals surface area contributed by atoms with E-state index >= 15 is 0 Å². The number of aromatic nitrogens is 3. The molecule has 0 aliphatic heterocycles. The number of hydrogen-bond donors (Lipinski definition) is 0. The van der Waals surface area contributed by atoms with Crippen molar-refractivity contribution >= 4 is 44.8 Å². The zero-order valence-electron chi connectivity index (χ0n) is 16.4. The summed E-state index contributed by atoms with van der Waals surface area (Å²) in [7, 11) is 1.33. The molecule has 0 aliphatic rings. The Morgan fingerprint density at radius 1 is 1.22 bits per heavy atom. The highest BCUT2D eigenvalue weighted by atomic mass is 35.5. The average Bonchev–Trinajstić information content (AvgIpc) is 3.19. The van der Waals surface area contributed by atoms with E-state index in [0.29, 0.717) is 16.0 Å². The molecule has 0 aliphatic carbocycles. The Labute approximate surface area is 194 Å². The van der Waals surface area contributed by atoms with Gasteiger partial charge in [0.1, 0.15) is 4.70 Å². The zero-order valence-corrected chi connectivity index (χ0v) is 18.8. The van der Waals surface area contributed by atoms with E-state index in [0.717, 1.165) is 22.0 Å². The number of methoxy groups -OCH3 is 1. The summed E-state index contributed by atoms with van der Waals surface area (Å²) >= 11 is 13.3. The smallest absolute Gasteiger partial charge is 0.336 e. The predicted octanol–water partition coefficient (Wildman–Crippen LogP) is 4.64. The molecule has 0 unspecified atom stereocenters. The second-order valence-electron chi connectivity index (χ2n) is 6.64. The van der Waals surface area contributed by atoms with Crippen LogP contribution in [0.25, 0.3) is 26.3 Å². The van der Waals surface area contributed by atoms with Gasteiger partial charge in [-0.15, -0.1) is 11.3 Å². The number of rotatable bonds is 5. The van der Waals surface area contributed by atoms with Crippen LogP contribution in [0.15, 0.2) is 46.2 Å². The van der Waals surface area contributed by atoms with Crippen molar-refractivity contribution in [3.05, 3.63) is 73.4 Å². The fourth-order valence-electron chi connectivity index (χ4n) is 3.28. The van der Waals surface area contributed by atoms with E-state index in [-0.39, 0.29) is 39.1 Å². The van der Waals surface area contributed by atoms with E-state index < -0.39 is 17.1 Å². The molecule has 0 N–H and O–H groups in total. The molecule has 32 heavy (non-hydrogen) atoms. The summed E-state index contributed by atoms with van der Waals surface area (Å²) in [5.74, 6) is -0.629. The van der Waals surface area contributed by atoms with E-state index in [1.807, 2.05) is 6.07 Å². The molecule has 7 nitrogen and oxygen atoms in total. The Balaban J connectivity index is 2.05. The summed E-state index contributed by atoms with van der Waals surface area (Å²) in [5.41, 5.74) is -0.198. The van der Waals surface area contributed by atoms with Gasteiger partial charge in [-0.25, -0.2) is 13.8 Å². The molecule has 0 fully saturated rings. The van der Waals surface area contributed by atoms with Gasteiger partial charge in [0.15, 0.2) is 11.6 Å². The van der Waals surface area contributed by atoms with Crippen LogP contribution in [0.1, 0.15) is 6.42 Å². The molecule has 3 heterocycles. The van der Waals surface area contributed by atoms with Gasteiger partial charge in [-0.1, -0.05) is 23.2 Å². The number of nitriles is 1. The van der Waals surface area contributed by atoms with Gasteiger partial charge in [0.2, 0.25) is 0 Å². The van der Waals surface area contributed by atoms with Gasteiger partial charge in [0, 0.05) is 23.2 Å². The molecule has 0 spiro atoms. The summed E-state index contributed by atoms with van der Waals surface area (Å²) < 4.78 is 21.6. The van der Waals surface area contributed by atoms with Crippen LogP contribution in [-0.2, 0) is 6.54 Å². The van der Waals surface area contributed by atoms with E-state index in [9.17, 15) is 14.0 Å². The largest absolute Gasteiger partial charge is 0.494 e. The first-order valence-corrected chi connectivity index (χ1v) is 10.7. The van der Waals surface area contributed by atoms with Crippen LogP contribution in [0.3, 0.4) is 0 Å². The standard InChI is InChI=1S/C21H13Cl2FN4O3S/c1-31-17-6-13(14(23)7-15(17)24)18-8-16-19(32-18)20(29)28(12-5-11(22)9-26-10-12)21(30)27(16)4-2-3-25/h5-10H,2,4H2,1H3. The Kier molecular flexibility index (Phi) is 6.02. The minimum atomic E-state index is -0.631. The van der Waals surface area contributed by atoms with Crippen molar-refractivity contribution < 1.29 is 9.13 Å². The molecule has 4 rings (SSSR count). The van der Waals surface area contributed by atoms with Crippen molar-refractivity contribution in [2.45, 2.75) is 13.0 Å². The van der Waals surface area contributed by atoms with Gasteiger partial charge in [0.25, 0.3) is 5.56 Å². The van der Waals surface area contributed by atoms with Crippen LogP contribution in [0.5, 0.6) is 5.75 Å². The Hall–Kier alpha value is -3.19. The normalized spacial score (nSPS) is 11.0. The number of fused-ring (bicyclic) bond motifs is 1. The monoisotopic (exact) mass is 490 g/mol.